The van der Waals surface area contributed by atoms with E-state index in [0.717, 1.165) is 12.8 Å². The molecule has 0 radical (unpaired) electrons. The van der Waals surface area contributed by atoms with Crippen molar-refractivity contribution in [1.29, 1.82) is 0 Å². The van der Waals surface area contributed by atoms with Crippen LogP contribution < -0.4 is 9.79 Å². The van der Waals surface area contributed by atoms with Crippen LogP contribution in [0.25, 0.3) is 0 Å². The average Bonchev–Trinajstić information content (AvgIpc) is 2.50. The maximum absolute atomic E-state index is 10.6. The largest absolute Gasteiger partial charge is 0.658 e. The number of hydrogen-bond donors (Lipinski definition) is 2. The van der Waals surface area contributed by atoms with E-state index in [1.54, 1.807) is 0 Å². The second-order valence-corrected chi connectivity index (χ2v) is 8.51. The third-order valence-electron chi connectivity index (χ3n) is 4.44. The van der Waals surface area contributed by atoms with Crippen molar-refractivity contribution in [3.63, 3.8) is 0 Å². The summed E-state index contributed by atoms with van der Waals surface area (Å²) in [4.78, 5) is 29.9. The van der Waals surface area contributed by atoms with E-state index in [-0.39, 0.29) is 6.42 Å². The highest BCUT2D eigenvalue weighted by atomic mass is 31.2. The van der Waals surface area contributed by atoms with Crippen molar-refractivity contribution in [2.24, 2.45) is 0 Å². The maximum Gasteiger partial charge on any atom is 0.181 e. The Balaban J connectivity index is 3.11. The van der Waals surface area contributed by atoms with Crippen molar-refractivity contribution in [1.82, 2.24) is 0 Å². The summed E-state index contributed by atoms with van der Waals surface area (Å²) in [6, 6.07) is 0. The first-order chi connectivity index (χ1) is 11.0. The Bertz CT molecular complexity index is 244. The summed E-state index contributed by atoms with van der Waals surface area (Å²) < 4.78 is 0. The molecule has 0 aliphatic carbocycles. The van der Waals surface area contributed by atoms with Crippen LogP contribution >= 0.6 is 7.94 Å². The second-order valence-electron chi connectivity index (χ2n) is 6.78. The predicted octanol–water partition coefficient (Wildman–Crippen LogP) is 4.04. The summed E-state index contributed by atoms with van der Waals surface area (Å²) in [6.45, 7) is 2.25. The highest BCUT2D eigenvalue weighted by Gasteiger charge is 2.20. The standard InChI is InChI=1S/C18H39O4P/c1-2-3-4-5-6-7-8-9-10-11-12-13-14-15-16-17-18(19)23(20,21)22/h18-19H,2-17H2,1H3,(H2,20,21,22)/p-1. The summed E-state index contributed by atoms with van der Waals surface area (Å²) in [7, 11) is -4.54. The minimum absolute atomic E-state index is 0.148. The van der Waals surface area contributed by atoms with Gasteiger partial charge in [0.1, 0.15) is 0 Å². The third kappa shape index (κ3) is 16.9. The average molecular weight is 349 g/mol. The van der Waals surface area contributed by atoms with Crippen LogP contribution in [0.5, 0.6) is 0 Å². The lowest BCUT2D eigenvalue weighted by Crippen LogP contribution is -2.31. The predicted molar refractivity (Wildman–Crippen MR) is 94.7 cm³/mol. The van der Waals surface area contributed by atoms with Crippen molar-refractivity contribution >= 4 is 7.94 Å². The van der Waals surface area contributed by atoms with Gasteiger partial charge in [0.2, 0.25) is 0 Å². The summed E-state index contributed by atoms with van der Waals surface area (Å²) >= 11 is 0. The maximum atomic E-state index is 10.6. The summed E-state index contributed by atoms with van der Waals surface area (Å²) in [6.07, 6.45) is 18.9. The van der Waals surface area contributed by atoms with Gasteiger partial charge in [0.05, 0.1) is 7.94 Å². The molecule has 1 unspecified atom stereocenters. The van der Waals surface area contributed by atoms with Crippen LogP contribution in [0.1, 0.15) is 110 Å². The lowest BCUT2D eigenvalue weighted by molar-refractivity contribution is -0.340. The van der Waals surface area contributed by atoms with Gasteiger partial charge < -0.3 is 14.9 Å². The van der Waals surface area contributed by atoms with Gasteiger partial charge in [0.25, 0.3) is 0 Å². The molecule has 0 saturated carbocycles. The van der Waals surface area contributed by atoms with Gasteiger partial charge in [0.15, 0.2) is 5.85 Å². The Labute approximate surface area is 143 Å². The highest BCUT2D eigenvalue weighted by molar-refractivity contribution is 7.56. The minimum Gasteiger partial charge on any atom is -0.658 e. The van der Waals surface area contributed by atoms with Gasteiger partial charge in [-0.25, -0.2) is 0 Å². The van der Waals surface area contributed by atoms with Crippen molar-refractivity contribution in [3.05, 3.63) is 0 Å². The topological polar surface area (TPSA) is 86.6 Å². The lowest BCUT2D eigenvalue weighted by Gasteiger charge is -2.32. The van der Waals surface area contributed by atoms with E-state index in [1.165, 1.54) is 77.0 Å². The van der Waals surface area contributed by atoms with Crippen LogP contribution in [0.2, 0.25) is 0 Å². The number of aliphatic hydroxyl groups is 1. The van der Waals surface area contributed by atoms with E-state index < -0.39 is 13.8 Å². The van der Waals surface area contributed by atoms with E-state index in [4.69, 9.17) is 10.00 Å². The molecular weight excluding hydrogens is 311 g/mol. The fraction of sp³-hybridized carbons (Fsp3) is 1.00. The molecule has 0 aliphatic rings. The lowest BCUT2D eigenvalue weighted by atomic mass is 10.0. The van der Waals surface area contributed by atoms with Gasteiger partial charge in [-0.3, -0.25) is 4.89 Å². The Morgan fingerprint density at radius 3 is 1.26 bits per heavy atom. The van der Waals surface area contributed by atoms with Crippen LogP contribution in [0.4, 0.5) is 0 Å². The van der Waals surface area contributed by atoms with Crippen molar-refractivity contribution in [2.45, 2.75) is 116 Å². The van der Waals surface area contributed by atoms with Crippen molar-refractivity contribution in [3.8, 4) is 0 Å². The van der Waals surface area contributed by atoms with Crippen molar-refractivity contribution < 1.29 is 19.8 Å². The molecule has 0 heterocycles. The smallest absolute Gasteiger partial charge is 0.181 e. The van der Waals surface area contributed by atoms with E-state index in [1.807, 2.05) is 0 Å². The molecule has 2 N–H and O–H groups in total. The number of rotatable bonds is 17. The molecule has 0 spiro atoms. The molecule has 0 aromatic carbocycles. The number of hydrogen-bond acceptors (Lipinski definition) is 4. The first-order valence-corrected chi connectivity index (χ1v) is 11.3. The van der Waals surface area contributed by atoms with E-state index in [0.29, 0.717) is 6.42 Å². The molecule has 0 saturated heterocycles. The quantitative estimate of drug-likeness (QED) is 0.306. The van der Waals surface area contributed by atoms with Gasteiger partial charge in [-0.2, -0.15) is 0 Å². The molecule has 1 atom stereocenters. The van der Waals surface area contributed by atoms with Crippen LogP contribution in [0, 0.1) is 0 Å². The fourth-order valence-electron chi connectivity index (χ4n) is 2.86. The van der Waals surface area contributed by atoms with Gasteiger partial charge in [0, 0.05) is 6.42 Å². The minimum atomic E-state index is -4.54. The Morgan fingerprint density at radius 2 is 0.957 bits per heavy atom. The van der Waals surface area contributed by atoms with E-state index >= 15 is 0 Å². The molecule has 4 nitrogen and oxygen atoms in total. The zero-order chi connectivity index (χ0) is 17.4. The molecule has 0 bridgehead atoms. The molecule has 0 aromatic heterocycles. The van der Waals surface area contributed by atoms with Gasteiger partial charge in [-0.05, 0) is 6.42 Å². The van der Waals surface area contributed by atoms with Crippen LogP contribution in [-0.2, 0) is 0 Å². The molecule has 140 valence electrons. The highest BCUT2D eigenvalue weighted by Crippen LogP contribution is 2.41. The first-order valence-electron chi connectivity index (χ1n) is 9.70. The van der Waals surface area contributed by atoms with Crippen molar-refractivity contribution in [2.75, 3.05) is 0 Å². The first kappa shape index (κ1) is 23.3. The molecule has 0 rings (SSSR count). The van der Waals surface area contributed by atoms with Crippen LogP contribution in [-0.4, -0.2) is 15.8 Å². The second kappa shape index (κ2) is 15.8. The molecule has 0 aliphatic heterocycles. The number of aliphatic hydroxyl groups excluding tert-OH is 1. The van der Waals surface area contributed by atoms with Gasteiger partial charge in [-0.15, -0.1) is 0 Å². The molecule has 0 fully saturated rings. The molecule has 23 heavy (non-hydrogen) atoms. The monoisotopic (exact) mass is 349 g/mol. The summed E-state index contributed by atoms with van der Waals surface area (Å²) in [5.41, 5.74) is 0. The Hall–Kier alpha value is 0.270. The van der Waals surface area contributed by atoms with Gasteiger partial charge in [-0.1, -0.05) is 96.8 Å². The summed E-state index contributed by atoms with van der Waals surface area (Å²) in [5, 5.41) is 9.16. The van der Waals surface area contributed by atoms with E-state index in [9.17, 15) is 9.79 Å². The van der Waals surface area contributed by atoms with Crippen LogP contribution in [0.15, 0.2) is 0 Å². The van der Waals surface area contributed by atoms with Crippen LogP contribution in [0.3, 0.4) is 0 Å². The summed E-state index contributed by atoms with van der Waals surface area (Å²) in [5.74, 6) is -1.58. The molecular formula is C18H38O4P-. The molecule has 5 heteroatoms. The molecule has 0 aromatic rings. The Kier molecular flexibility index (Phi) is 16.0. The SMILES string of the molecule is CCCCCCCCCCCCCCCCCC(O)[P+]([O-])([O-])O. The van der Waals surface area contributed by atoms with Gasteiger partial charge >= 0.3 is 0 Å². The fourth-order valence-corrected chi connectivity index (χ4v) is 3.37. The third-order valence-corrected chi connectivity index (χ3v) is 5.45. The van der Waals surface area contributed by atoms with E-state index in [2.05, 4.69) is 6.92 Å². The zero-order valence-electron chi connectivity index (χ0n) is 15.0. The number of unbranched alkanes of at least 4 members (excludes halogenated alkanes) is 14. The molecule has 0 amide bonds. The normalized spacial score (nSPS) is 13.4. The Morgan fingerprint density at radius 1 is 0.652 bits per heavy atom. The zero-order valence-corrected chi connectivity index (χ0v) is 15.9.